The molecule has 0 atom stereocenters. The maximum Gasteiger partial charge on any atom is 0.208 e. The number of carbonyl (C=O) groups excluding carboxylic acids is 2. The van der Waals surface area contributed by atoms with Crippen molar-refractivity contribution in [2.45, 2.75) is 103 Å². The monoisotopic (exact) mass is 636 g/mol. The van der Waals surface area contributed by atoms with Gasteiger partial charge in [0, 0.05) is 26.4 Å². The van der Waals surface area contributed by atoms with E-state index in [1.54, 1.807) is 0 Å². The number of Topliss-reactive ketones (excluding diaryl/α,β-unsaturated/α-hetero) is 2. The van der Waals surface area contributed by atoms with Gasteiger partial charge in [-0.3, -0.25) is 9.59 Å². The first-order valence-electron chi connectivity index (χ1n) is 15.1. The lowest BCUT2D eigenvalue weighted by molar-refractivity contribution is -0.114. The van der Waals surface area contributed by atoms with Crippen molar-refractivity contribution in [3.05, 3.63) is 19.6 Å². The van der Waals surface area contributed by atoms with Gasteiger partial charge in [0.15, 0.2) is 0 Å². The van der Waals surface area contributed by atoms with Crippen LogP contribution in [0.1, 0.15) is 103 Å². The van der Waals surface area contributed by atoms with Crippen molar-refractivity contribution in [2.24, 2.45) is 0 Å². The number of unbranched alkanes of at least 4 members (excludes halogenated alkanes) is 12. The van der Waals surface area contributed by atoms with E-state index in [0.29, 0.717) is 19.6 Å². The Morgan fingerprint density at radius 3 is 0.725 bits per heavy atom. The lowest BCUT2D eigenvalue weighted by Gasteiger charge is -2.23. The third-order valence-electron chi connectivity index (χ3n) is 6.43. The van der Waals surface area contributed by atoms with Crippen LogP contribution >= 0.6 is 47.0 Å². The fourth-order valence-electron chi connectivity index (χ4n) is 4.11. The van der Waals surface area contributed by atoms with Crippen LogP contribution in [0.5, 0.6) is 0 Å². The molecule has 0 aromatic heterocycles. The Bertz CT molecular complexity index is 638. The summed E-state index contributed by atoms with van der Waals surface area (Å²) < 4.78 is 0. The fraction of sp³-hybridized carbons (Fsp3) is 0.800. The maximum atomic E-state index is 13.9. The normalized spacial score (nSPS) is 14.2. The van der Waals surface area contributed by atoms with Gasteiger partial charge in [-0.1, -0.05) is 51.4 Å². The van der Waals surface area contributed by atoms with Gasteiger partial charge in [0.1, 0.15) is 0 Å². The Kier molecular flexibility index (Phi) is 25.4. The first-order valence-corrected chi connectivity index (χ1v) is 19.1. The molecule has 0 aromatic rings. The largest absolute Gasteiger partial charge is 0.396 e. The zero-order chi connectivity index (χ0) is 29.3. The topological polar surface area (TPSA) is 115 Å². The molecule has 1 aliphatic carbocycles. The Morgan fingerprint density at radius 1 is 0.325 bits per heavy atom. The van der Waals surface area contributed by atoms with Crippen LogP contribution < -0.4 is 0 Å². The standard InChI is InChI=1S/C30H52O6S4/c31-17-9-1-5-13-21-37-27-25(35)29(39-23-15-7-3-11-19-33)30(40-24-16-8-4-12-20-34)26(36)28(27)38-22-14-6-2-10-18-32/h31-34H,1-24H2. The number of aliphatic hydroxyl groups excluding tert-OH is 4. The van der Waals surface area contributed by atoms with E-state index in [1.807, 2.05) is 0 Å². The van der Waals surface area contributed by atoms with Crippen molar-refractivity contribution in [2.75, 3.05) is 49.4 Å². The molecular weight excluding hydrogens is 585 g/mol. The van der Waals surface area contributed by atoms with Crippen molar-refractivity contribution < 1.29 is 30.0 Å². The van der Waals surface area contributed by atoms with E-state index in [9.17, 15) is 9.59 Å². The minimum Gasteiger partial charge on any atom is -0.396 e. The highest BCUT2D eigenvalue weighted by atomic mass is 32.2. The third-order valence-corrected chi connectivity index (χ3v) is 11.4. The summed E-state index contributed by atoms with van der Waals surface area (Å²) in [4.78, 5) is 30.3. The number of rotatable bonds is 28. The number of aliphatic hydroxyl groups is 4. The quantitative estimate of drug-likeness (QED) is 0.0546. The molecule has 0 saturated heterocycles. The van der Waals surface area contributed by atoms with Gasteiger partial charge in [-0.05, 0) is 74.4 Å². The first kappa shape index (κ1) is 38.1. The molecule has 0 aliphatic heterocycles. The highest BCUT2D eigenvalue weighted by molar-refractivity contribution is 8.10. The predicted molar refractivity (Wildman–Crippen MR) is 176 cm³/mol. The minimum atomic E-state index is 0.00544. The summed E-state index contributed by atoms with van der Waals surface area (Å²) >= 11 is 6.10. The maximum absolute atomic E-state index is 13.9. The lowest BCUT2D eigenvalue weighted by Crippen LogP contribution is -2.20. The summed E-state index contributed by atoms with van der Waals surface area (Å²) in [6.07, 6.45) is 14.8. The van der Waals surface area contributed by atoms with Gasteiger partial charge in [-0.2, -0.15) is 0 Å². The first-order chi connectivity index (χ1) is 19.6. The van der Waals surface area contributed by atoms with Crippen molar-refractivity contribution in [1.82, 2.24) is 0 Å². The minimum absolute atomic E-state index is 0.00544. The molecule has 0 unspecified atom stereocenters. The smallest absolute Gasteiger partial charge is 0.208 e. The molecule has 1 rings (SSSR count). The van der Waals surface area contributed by atoms with E-state index < -0.39 is 0 Å². The van der Waals surface area contributed by atoms with Crippen LogP contribution in [0.15, 0.2) is 19.6 Å². The molecule has 10 heteroatoms. The van der Waals surface area contributed by atoms with Gasteiger partial charge in [-0.25, -0.2) is 0 Å². The second-order valence-electron chi connectivity index (χ2n) is 9.92. The molecule has 0 radical (unpaired) electrons. The molecule has 0 fully saturated rings. The molecule has 0 heterocycles. The molecule has 6 nitrogen and oxygen atoms in total. The van der Waals surface area contributed by atoms with Crippen LogP contribution in [0.25, 0.3) is 0 Å². The highest BCUT2D eigenvalue weighted by Gasteiger charge is 2.35. The Morgan fingerprint density at radius 2 is 0.525 bits per heavy atom. The Balaban J connectivity index is 3.01. The van der Waals surface area contributed by atoms with E-state index in [1.165, 1.54) is 47.0 Å². The molecule has 40 heavy (non-hydrogen) atoms. The van der Waals surface area contributed by atoms with Crippen molar-refractivity contribution in [3.63, 3.8) is 0 Å². The number of hydrogen-bond donors (Lipinski definition) is 4. The summed E-state index contributed by atoms with van der Waals surface area (Å²) in [5, 5.41) is 36.1. The second kappa shape index (κ2) is 26.7. The molecule has 1 aliphatic rings. The van der Waals surface area contributed by atoms with E-state index in [-0.39, 0.29) is 38.0 Å². The number of hydrogen-bond acceptors (Lipinski definition) is 10. The molecular formula is C30H52O6S4. The predicted octanol–water partition coefficient (Wildman–Crippen LogP) is 6.71. The van der Waals surface area contributed by atoms with Crippen LogP contribution in [0.4, 0.5) is 0 Å². The Labute approximate surface area is 259 Å². The van der Waals surface area contributed by atoms with E-state index in [2.05, 4.69) is 0 Å². The van der Waals surface area contributed by atoms with E-state index >= 15 is 0 Å². The van der Waals surface area contributed by atoms with Gasteiger partial charge in [-0.15, -0.1) is 47.0 Å². The zero-order valence-electron chi connectivity index (χ0n) is 24.2. The van der Waals surface area contributed by atoms with Crippen LogP contribution in [0.3, 0.4) is 0 Å². The molecule has 0 spiro atoms. The van der Waals surface area contributed by atoms with Gasteiger partial charge in [0.05, 0.1) is 19.6 Å². The number of ketones is 2. The number of thioether (sulfide) groups is 4. The van der Waals surface area contributed by atoms with Crippen LogP contribution in [-0.2, 0) is 9.59 Å². The molecule has 0 bridgehead atoms. The fourth-order valence-corrected chi connectivity index (χ4v) is 8.98. The zero-order valence-corrected chi connectivity index (χ0v) is 27.5. The van der Waals surface area contributed by atoms with Gasteiger partial charge in [0.25, 0.3) is 0 Å². The molecule has 232 valence electrons. The Hall–Kier alpha value is 0.0600. The number of carbonyl (C=O) groups is 2. The van der Waals surface area contributed by atoms with Crippen molar-refractivity contribution >= 4 is 58.6 Å². The SMILES string of the molecule is O=C1C(SCCCCCCO)=C(SCCCCCCO)C(=O)C(SCCCCCCO)=C1SCCCCCCO. The average Bonchev–Trinajstić information content (AvgIpc) is 2.96. The summed E-state index contributed by atoms with van der Waals surface area (Å²) in [5.41, 5.74) is 0. The van der Waals surface area contributed by atoms with E-state index in [4.69, 9.17) is 20.4 Å². The molecule has 0 amide bonds. The van der Waals surface area contributed by atoms with E-state index in [0.717, 1.165) is 126 Å². The second-order valence-corrected chi connectivity index (χ2v) is 14.3. The lowest BCUT2D eigenvalue weighted by atomic mass is 10.1. The van der Waals surface area contributed by atoms with Gasteiger partial charge in [0.2, 0.25) is 11.6 Å². The highest BCUT2D eigenvalue weighted by Crippen LogP contribution is 2.45. The summed E-state index contributed by atoms with van der Waals surface area (Å²) in [5.74, 6) is 3.15. The van der Waals surface area contributed by atoms with Gasteiger partial charge >= 0.3 is 0 Å². The van der Waals surface area contributed by atoms with Gasteiger partial charge < -0.3 is 20.4 Å². The third kappa shape index (κ3) is 16.6. The molecule has 0 aromatic carbocycles. The van der Waals surface area contributed by atoms with Crippen molar-refractivity contribution in [1.29, 1.82) is 0 Å². The summed E-state index contributed by atoms with van der Waals surface area (Å²) in [6.45, 7) is 0.824. The summed E-state index contributed by atoms with van der Waals surface area (Å²) in [7, 11) is 0. The van der Waals surface area contributed by atoms with Crippen LogP contribution in [0.2, 0.25) is 0 Å². The van der Waals surface area contributed by atoms with Crippen LogP contribution in [-0.4, -0.2) is 81.4 Å². The average molecular weight is 637 g/mol. The number of allylic oxidation sites excluding steroid dienone is 4. The molecule has 4 N–H and O–H groups in total. The van der Waals surface area contributed by atoms with Crippen molar-refractivity contribution in [3.8, 4) is 0 Å². The van der Waals surface area contributed by atoms with Crippen LogP contribution in [0, 0.1) is 0 Å². The summed E-state index contributed by atoms with van der Waals surface area (Å²) in [6, 6.07) is 0. The molecule has 0 saturated carbocycles.